The van der Waals surface area contributed by atoms with Gasteiger partial charge in [0.05, 0.1) is 6.61 Å². The summed E-state index contributed by atoms with van der Waals surface area (Å²) in [6.07, 6.45) is 15.9. The third kappa shape index (κ3) is 6.50. The van der Waals surface area contributed by atoms with Crippen molar-refractivity contribution in [3.8, 4) is 28.0 Å². The minimum absolute atomic E-state index is 0.0808. The lowest BCUT2D eigenvalue weighted by atomic mass is 9.71. The molecule has 0 radical (unpaired) electrons. The first-order chi connectivity index (χ1) is 20.4. The summed E-state index contributed by atoms with van der Waals surface area (Å²) >= 11 is 0. The molecule has 3 aromatic carbocycles. The molecule has 0 heterocycles. The van der Waals surface area contributed by atoms with Gasteiger partial charge in [0, 0.05) is 16.7 Å². The predicted octanol–water partition coefficient (Wildman–Crippen LogP) is 11.3. The second-order valence-corrected chi connectivity index (χ2v) is 11.8. The molecule has 0 aromatic heterocycles. The first kappa shape index (κ1) is 30.1. The van der Waals surface area contributed by atoms with E-state index < -0.39 is 23.3 Å². The van der Waals surface area contributed by atoms with Crippen LogP contribution in [0.25, 0.3) is 27.8 Å². The summed E-state index contributed by atoms with van der Waals surface area (Å²) in [5, 5.41) is 0. The molecule has 1 unspecified atom stereocenters. The lowest BCUT2D eigenvalue weighted by Gasteiger charge is -2.35. The highest BCUT2D eigenvalue weighted by molar-refractivity contribution is 5.74. The zero-order valence-corrected chi connectivity index (χ0v) is 24.6. The molecule has 5 rings (SSSR count). The van der Waals surface area contributed by atoms with E-state index in [1.807, 2.05) is 6.92 Å². The first-order valence-corrected chi connectivity index (χ1v) is 15.4. The van der Waals surface area contributed by atoms with Crippen molar-refractivity contribution in [1.82, 2.24) is 0 Å². The Morgan fingerprint density at radius 1 is 0.714 bits per heavy atom. The zero-order chi connectivity index (χ0) is 29.6. The van der Waals surface area contributed by atoms with E-state index >= 15 is 8.78 Å². The SMILES string of the molecule is CC=CC1CCC(C2CC=C(c3ccc(-c4ccc(-c5ccc(OCCCC)c(F)c5F)cc4)c(F)c3F)CC2)CC1. The summed E-state index contributed by atoms with van der Waals surface area (Å²) < 4.78 is 65.5. The molecule has 5 heteroatoms. The smallest absolute Gasteiger partial charge is 0.201 e. The van der Waals surface area contributed by atoms with Gasteiger partial charge in [0.15, 0.2) is 23.2 Å². The van der Waals surface area contributed by atoms with Crippen LogP contribution in [0.3, 0.4) is 0 Å². The van der Waals surface area contributed by atoms with E-state index in [0.717, 1.165) is 43.6 Å². The van der Waals surface area contributed by atoms with Crippen molar-refractivity contribution in [3.05, 3.63) is 95.6 Å². The molecule has 0 saturated heterocycles. The van der Waals surface area contributed by atoms with Crippen LogP contribution in [0.5, 0.6) is 5.75 Å². The molecule has 1 fully saturated rings. The zero-order valence-electron chi connectivity index (χ0n) is 24.6. The molecule has 0 amide bonds. The Labute approximate surface area is 247 Å². The van der Waals surface area contributed by atoms with Gasteiger partial charge < -0.3 is 4.74 Å². The molecule has 1 atom stereocenters. The lowest BCUT2D eigenvalue weighted by molar-refractivity contribution is 0.212. The van der Waals surface area contributed by atoms with Crippen molar-refractivity contribution in [2.24, 2.45) is 17.8 Å². The maximum absolute atomic E-state index is 15.4. The Bertz CT molecular complexity index is 1430. The minimum atomic E-state index is -1.03. The average molecular weight is 577 g/mol. The molecule has 1 nitrogen and oxygen atoms in total. The van der Waals surface area contributed by atoms with Gasteiger partial charge in [-0.1, -0.05) is 68.0 Å². The van der Waals surface area contributed by atoms with Gasteiger partial charge in [0.2, 0.25) is 5.82 Å². The summed E-state index contributed by atoms with van der Waals surface area (Å²) in [6, 6.07) is 12.6. The van der Waals surface area contributed by atoms with Gasteiger partial charge >= 0.3 is 0 Å². The number of hydrogen-bond acceptors (Lipinski definition) is 1. The van der Waals surface area contributed by atoms with Gasteiger partial charge in [-0.3, -0.25) is 0 Å². The molecular weight excluding hydrogens is 536 g/mol. The third-order valence-corrected chi connectivity index (χ3v) is 9.14. The Morgan fingerprint density at radius 3 is 1.90 bits per heavy atom. The van der Waals surface area contributed by atoms with Gasteiger partial charge in [0.25, 0.3) is 0 Å². The standard InChI is InChI=1S/C37H40F4O/c1-3-5-23-42-33-22-21-32(36(40)37(33)41)29-17-15-28(16-18-29)31-20-19-30(34(38)35(31)39)27-13-11-26(12-14-27)25-9-7-24(6-4-2)8-10-25/h4,6,13,15-22,24-26H,3,5,7-12,14,23H2,1-2H3. The van der Waals surface area contributed by atoms with Crippen molar-refractivity contribution in [1.29, 1.82) is 0 Å². The molecule has 42 heavy (non-hydrogen) atoms. The highest BCUT2D eigenvalue weighted by atomic mass is 19.2. The van der Waals surface area contributed by atoms with Gasteiger partial charge in [-0.15, -0.1) is 0 Å². The summed E-state index contributed by atoms with van der Waals surface area (Å²) in [6.45, 7) is 4.39. The van der Waals surface area contributed by atoms with E-state index in [0.29, 0.717) is 35.1 Å². The third-order valence-electron chi connectivity index (χ3n) is 9.14. The number of benzene rings is 3. The highest BCUT2D eigenvalue weighted by Gasteiger charge is 2.29. The lowest BCUT2D eigenvalue weighted by Crippen LogP contribution is -2.22. The first-order valence-electron chi connectivity index (χ1n) is 15.4. The molecule has 0 aliphatic heterocycles. The second kappa shape index (κ2) is 13.8. The van der Waals surface area contributed by atoms with Crippen LogP contribution in [0.1, 0.15) is 77.2 Å². The maximum atomic E-state index is 15.4. The number of allylic oxidation sites excluding steroid dienone is 4. The van der Waals surface area contributed by atoms with Crippen LogP contribution in [-0.2, 0) is 0 Å². The Balaban J connectivity index is 1.28. The van der Waals surface area contributed by atoms with E-state index in [1.165, 1.54) is 37.8 Å². The van der Waals surface area contributed by atoms with Crippen LogP contribution in [0.15, 0.2) is 66.8 Å². The Hall–Kier alpha value is -3.34. The van der Waals surface area contributed by atoms with E-state index in [1.54, 1.807) is 36.4 Å². The van der Waals surface area contributed by atoms with E-state index in [9.17, 15) is 8.78 Å². The van der Waals surface area contributed by atoms with E-state index in [-0.39, 0.29) is 16.9 Å². The van der Waals surface area contributed by atoms with E-state index in [2.05, 4.69) is 25.2 Å². The fourth-order valence-electron chi connectivity index (χ4n) is 6.65. The summed E-state index contributed by atoms with van der Waals surface area (Å²) in [5.41, 5.74) is 2.34. The minimum Gasteiger partial charge on any atom is -0.490 e. The fraction of sp³-hybridized carbons (Fsp3) is 0.405. The maximum Gasteiger partial charge on any atom is 0.201 e. The number of unbranched alkanes of at least 4 members (excludes halogenated alkanes) is 1. The van der Waals surface area contributed by atoms with E-state index in [4.69, 9.17) is 4.74 Å². The highest BCUT2D eigenvalue weighted by Crippen LogP contribution is 2.42. The molecule has 0 bridgehead atoms. The predicted molar refractivity (Wildman–Crippen MR) is 163 cm³/mol. The largest absolute Gasteiger partial charge is 0.490 e. The van der Waals surface area contributed by atoms with Crippen LogP contribution in [0.2, 0.25) is 0 Å². The van der Waals surface area contributed by atoms with Crippen molar-refractivity contribution in [2.45, 2.75) is 71.6 Å². The molecule has 2 aliphatic carbocycles. The van der Waals surface area contributed by atoms with Gasteiger partial charge in [0.1, 0.15) is 0 Å². The quantitative estimate of drug-likeness (QED) is 0.140. The number of hydrogen-bond donors (Lipinski definition) is 0. The van der Waals surface area contributed by atoms with Crippen LogP contribution < -0.4 is 4.74 Å². The second-order valence-electron chi connectivity index (χ2n) is 11.8. The van der Waals surface area contributed by atoms with Crippen molar-refractivity contribution in [3.63, 3.8) is 0 Å². The van der Waals surface area contributed by atoms with Crippen molar-refractivity contribution in [2.75, 3.05) is 6.61 Å². The van der Waals surface area contributed by atoms with Gasteiger partial charge in [-0.05, 0) is 105 Å². The molecule has 0 N–H and O–H groups in total. The van der Waals surface area contributed by atoms with Gasteiger partial charge in [-0.2, -0.15) is 4.39 Å². The molecule has 3 aromatic rings. The van der Waals surface area contributed by atoms with Gasteiger partial charge in [-0.25, -0.2) is 13.2 Å². The number of ether oxygens (including phenoxy) is 1. The molecule has 0 spiro atoms. The Kier molecular flexibility index (Phi) is 9.87. The fourth-order valence-corrected chi connectivity index (χ4v) is 6.65. The van der Waals surface area contributed by atoms with Crippen LogP contribution in [0, 0.1) is 41.0 Å². The van der Waals surface area contributed by atoms with Crippen LogP contribution in [-0.4, -0.2) is 6.61 Å². The summed E-state index contributed by atoms with van der Waals surface area (Å²) in [7, 11) is 0. The summed E-state index contributed by atoms with van der Waals surface area (Å²) in [5.74, 6) is -1.82. The topological polar surface area (TPSA) is 9.23 Å². The Morgan fingerprint density at radius 2 is 1.31 bits per heavy atom. The number of halogens is 4. The molecule has 1 saturated carbocycles. The van der Waals surface area contributed by atoms with Crippen LogP contribution in [0.4, 0.5) is 17.6 Å². The number of rotatable bonds is 9. The normalized spacial score (nSPS) is 21.0. The monoisotopic (exact) mass is 576 g/mol. The summed E-state index contributed by atoms with van der Waals surface area (Å²) in [4.78, 5) is 0. The molecule has 2 aliphatic rings. The molecule has 222 valence electrons. The van der Waals surface area contributed by atoms with Crippen molar-refractivity contribution >= 4 is 5.57 Å². The molecular formula is C37H40F4O. The van der Waals surface area contributed by atoms with Crippen LogP contribution >= 0.6 is 0 Å². The van der Waals surface area contributed by atoms with Crippen molar-refractivity contribution < 1.29 is 22.3 Å². The average Bonchev–Trinajstić information content (AvgIpc) is 3.02.